The zero-order valence-electron chi connectivity index (χ0n) is 16.9. The predicted octanol–water partition coefficient (Wildman–Crippen LogP) is 2.53. The summed E-state index contributed by atoms with van der Waals surface area (Å²) in [7, 11) is -3.68. The van der Waals surface area contributed by atoms with Crippen molar-refractivity contribution in [3.05, 3.63) is 60.7 Å². The number of rotatable bonds is 8. The highest BCUT2D eigenvalue weighted by atomic mass is 32.2. The van der Waals surface area contributed by atoms with Crippen LogP contribution in [0.2, 0.25) is 0 Å². The topological polar surface area (TPSA) is 94.2 Å². The molecule has 0 unspecified atom stereocenters. The first-order valence-corrected chi connectivity index (χ1v) is 11.5. The summed E-state index contributed by atoms with van der Waals surface area (Å²) >= 11 is 0. The molecule has 3 aromatic carbocycles. The molecule has 0 fully saturated rings. The van der Waals surface area contributed by atoms with Gasteiger partial charge in [0.15, 0.2) is 11.5 Å². The molecule has 0 atom stereocenters. The number of hydrogen-bond acceptors (Lipinski definition) is 6. The smallest absolute Gasteiger partial charge is 0.240 e. The van der Waals surface area contributed by atoms with Crippen LogP contribution >= 0.6 is 0 Å². The molecule has 0 aromatic heterocycles. The second-order valence-electron chi connectivity index (χ2n) is 6.98. The number of carbonyl (C=O) groups excluding carboxylic acids is 1. The molecule has 1 aliphatic heterocycles. The molecular formula is C22H22N2O6S. The highest BCUT2D eigenvalue weighted by Crippen LogP contribution is 2.36. The first kappa shape index (κ1) is 20.8. The number of ether oxygens (including phenoxy) is 3. The lowest BCUT2D eigenvalue weighted by atomic mass is 10.1. The molecule has 162 valence electrons. The van der Waals surface area contributed by atoms with Gasteiger partial charge in [0.2, 0.25) is 22.7 Å². The van der Waals surface area contributed by atoms with E-state index in [0.29, 0.717) is 17.2 Å². The van der Waals surface area contributed by atoms with Crippen LogP contribution in [0.15, 0.2) is 60.7 Å². The Bertz CT molecular complexity index is 1210. The maximum absolute atomic E-state index is 12.4. The molecule has 0 saturated heterocycles. The minimum atomic E-state index is -3.68. The average Bonchev–Trinajstić information content (AvgIpc) is 3.22. The minimum Gasteiger partial charge on any atom is -0.491 e. The molecule has 4 rings (SSSR count). The van der Waals surface area contributed by atoms with E-state index in [1.54, 1.807) is 18.2 Å². The van der Waals surface area contributed by atoms with E-state index in [-0.39, 0.29) is 26.5 Å². The van der Waals surface area contributed by atoms with E-state index >= 15 is 0 Å². The Labute approximate surface area is 180 Å². The third kappa shape index (κ3) is 4.83. The van der Waals surface area contributed by atoms with Crippen molar-refractivity contribution >= 4 is 32.4 Å². The highest BCUT2D eigenvalue weighted by Gasteiger charge is 2.23. The zero-order chi connectivity index (χ0) is 21.8. The van der Waals surface area contributed by atoms with Crippen LogP contribution in [-0.4, -0.2) is 47.1 Å². The molecule has 31 heavy (non-hydrogen) atoms. The number of sulfonamides is 1. The number of nitrogens with one attached hydrogen (secondary N) is 1. The summed E-state index contributed by atoms with van der Waals surface area (Å²) in [5.74, 6) is 1.26. The second-order valence-corrected chi connectivity index (χ2v) is 8.89. The fourth-order valence-corrected chi connectivity index (χ4v) is 4.15. The van der Waals surface area contributed by atoms with Gasteiger partial charge in [0.25, 0.3) is 0 Å². The van der Waals surface area contributed by atoms with Gasteiger partial charge in [-0.25, -0.2) is 8.42 Å². The minimum absolute atomic E-state index is 0.0782. The molecule has 1 amide bonds. The summed E-state index contributed by atoms with van der Waals surface area (Å²) in [6.45, 7) is 0.213. The van der Waals surface area contributed by atoms with Gasteiger partial charge in [0.1, 0.15) is 18.9 Å². The highest BCUT2D eigenvalue weighted by molar-refractivity contribution is 7.92. The summed E-state index contributed by atoms with van der Waals surface area (Å²) < 4.78 is 41.9. The monoisotopic (exact) mass is 442 g/mol. The maximum atomic E-state index is 12.4. The van der Waals surface area contributed by atoms with Crippen molar-refractivity contribution in [2.45, 2.75) is 0 Å². The lowest BCUT2D eigenvalue weighted by Crippen LogP contribution is -2.41. The molecule has 0 bridgehead atoms. The van der Waals surface area contributed by atoms with Gasteiger partial charge in [-0.3, -0.25) is 9.10 Å². The van der Waals surface area contributed by atoms with Crippen LogP contribution in [0.5, 0.6) is 17.2 Å². The third-order valence-electron chi connectivity index (χ3n) is 4.76. The summed E-state index contributed by atoms with van der Waals surface area (Å²) in [4.78, 5) is 12.4. The largest absolute Gasteiger partial charge is 0.491 e. The normalized spacial score (nSPS) is 12.5. The molecule has 0 spiro atoms. The molecule has 0 saturated carbocycles. The van der Waals surface area contributed by atoms with Gasteiger partial charge in [0, 0.05) is 11.5 Å². The van der Waals surface area contributed by atoms with E-state index in [4.69, 9.17) is 14.2 Å². The van der Waals surface area contributed by atoms with Gasteiger partial charge in [-0.1, -0.05) is 36.4 Å². The van der Waals surface area contributed by atoms with E-state index in [2.05, 4.69) is 5.32 Å². The van der Waals surface area contributed by atoms with Crippen molar-refractivity contribution in [3.8, 4) is 17.2 Å². The fourth-order valence-electron chi connectivity index (χ4n) is 3.30. The van der Waals surface area contributed by atoms with Gasteiger partial charge in [-0.2, -0.15) is 0 Å². The molecule has 3 aromatic rings. The number of carbonyl (C=O) groups is 1. The SMILES string of the molecule is CS(=O)(=O)N(CC(=O)NCCOc1cccc2ccccc12)c1ccc2c(c1)OCO2. The summed E-state index contributed by atoms with van der Waals surface area (Å²) in [5, 5.41) is 4.75. The second kappa shape index (κ2) is 8.73. The van der Waals surface area contributed by atoms with Crippen molar-refractivity contribution < 1.29 is 27.4 Å². The van der Waals surface area contributed by atoms with Crippen molar-refractivity contribution in [1.29, 1.82) is 0 Å². The van der Waals surface area contributed by atoms with Gasteiger partial charge in [-0.15, -0.1) is 0 Å². The number of anilines is 1. The fraction of sp³-hybridized carbons (Fsp3) is 0.227. The number of amides is 1. The van der Waals surface area contributed by atoms with Crippen LogP contribution in [0.3, 0.4) is 0 Å². The Morgan fingerprint density at radius 3 is 2.68 bits per heavy atom. The lowest BCUT2D eigenvalue weighted by Gasteiger charge is -2.22. The first-order chi connectivity index (χ1) is 14.9. The van der Waals surface area contributed by atoms with E-state index in [9.17, 15) is 13.2 Å². The molecule has 8 nitrogen and oxygen atoms in total. The van der Waals surface area contributed by atoms with Crippen LogP contribution in [0.1, 0.15) is 0 Å². The molecule has 1 N–H and O–H groups in total. The van der Waals surface area contributed by atoms with Crippen LogP contribution in [0.4, 0.5) is 5.69 Å². The number of benzene rings is 3. The maximum Gasteiger partial charge on any atom is 0.240 e. The summed E-state index contributed by atoms with van der Waals surface area (Å²) in [6.07, 6.45) is 1.05. The van der Waals surface area contributed by atoms with Crippen LogP contribution < -0.4 is 23.8 Å². The van der Waals surface area contributed by atoms with Crippen molar-refractivity contribution in [2.24, 2.45) is 0 Å². The van der Waals surface area contributed by atoms with Gasteiger partial charge >= 0.3 is 0 Å². The predicted molar refractivity (Wildman–Crippen MR) is 117 cm³/mol. The molecular weight excluding hydrogens is 420 g/mol. The molecule has 1 aliphatic rings. The van der Waals surface area contributed by atoms with Crippen LogP contribution in [-0.2, 0) is 14.8 Å². The van der Waals surface area contributed by atoms with E-state index in [0.717, 1.165) is 27.1 Å². The summed E-state index contributed by atoms with van der Waals surface area (Å²) in [5.41, 5.74) is 0.328. The van der Waals surface area contributed by atoms with E-state index in [1.165, 1.54) is 0 Å². The van der Waals surface area contributed by atoms with Gasteiger partial charge in [0.05, 0.1) is 18.5 Å². The Hall–Kier alpha value is -3.46. The van der Waals surface area contributed by atoms with Crippen LogP contribution in [0.25, 0.3) is 10.8 Å². The van der Waals surface area contributed by atoms with Crippen molar-refractivity contribution in [3.63, 3.8) is 0 Å². The van der Waals surface area contributed by atoms with Crippen molar-refractivity contribution in [1.82, 2.24) is 5.32 Å². The Morgan fingerprint density at radius 2 is 1.84 bits per heavy atom. The average molecular weight is 442 g/mol. The summed E-state index contributed by atoms with van der Waals surface area (Å²) in [6, 6.07) is 18.4. The Kier molecular flexibility index (Phi) is 5.85. The quantitative estimate of drug-likeness (QED) is 0.539. The van der Waals surface area contributed by atoms with E-state index < -0.39 is 15.9 Å². The van der Waals surface area contributed by atoms with Gasteiger partial charge in [-0.05, 0) is 23.6 Å². The van der Waals surface area contributed by atoms with Crippen molar-refractivity contribution in [2.75, 3.05) is 37.1 Å². The lowest BCUT2D eigenvalue weighted by molar-refractivity contribution is -0.119. The third-order valence-corrected chi connectivity index (χ3v) is 5.90. The standard InChI is InChI=1S/C22H22N2O6S/c1-31(26,27)24(17-9-10-20-21(13-17)30-15-29-20)14-22(25)23-11-12-28-19-8-4-6-16-5-2-3-7-18(16)19/h2-10,13H,11-12,14-15H2,1H3,(H,23,25). The Morgan fingerprint density at radius 1 is 1.06 bits per heavy atom. The van der Waals surface area contributed by atoms with E-state index in [1.807, 2.05) is 42.5 Å². The number of nitrogens with zero attached hydrogens (tertiary/aromatic N) is 1. The zero-order valence-corrected chi connectivity index (χ0v) is 17.7. The molecule has 1 heterocycles. The molecule has 0 radical (unpaired) electrons. The van der Waals surface area contributed by atoms with Crippen LogP contribution in [0, 0.1) is 0 Å². The molecule has 9 heteroatoms. The number of hydrogen-bond donors (Lipinski definition) is 1. The van der Waals surface area contributed by atoms with Gasteiger partial charge < -0.3 is 19.5 Å². The number of fused-ring (bicyclic) bond motifs is 2. The Balaban J connectivity index is 1.35. The molecule has 0 aliphatic carbocycles. The first-order valence-electron chi connectivity index (χ1n) is 9.66.